The number of fused-ring (bicyclic) bond motifs is 1. The van der Waals surface area contributed by atoms with Gasteiger partial charge in [0.1, 0.15) is 26.7 Å². The molecule has 25 heavy (non-hydrogen) atoms. The average Bonchev–Trinajstić information content (AvgIpc) is 2.91. The maximum absolute atomic E-state index is 11.5. The Hall–Kier alpha value is -2.10. The van der Waals surface area contributed by atoms with Gasteiger partial charge in [-0.3, -0.25) is 9.36 Å². The lowest BCUT2D eigenvalue weighted by molar-refractivity contribution is -0.147. The molecule has 0 amide bonds. The highest BCUT2D eigenvalue weighted by molar-refractivity contribution is 5.81. The minimum atomic E-state index is -0.452. The molecule has 2 aromatic heterocycles. The average molecular weight is 352 g/mol. The largest absolute Gasteiger partial charge is 0.444 e. The standard InChI is InChI=1S/C13H20N5O3.C3H6O/c1-4-5-6-10(19)21-9-17-8-16-11-12(17)14-7-15-13(11)18(2,3)20;1-2-4-3-1/h7-8,20H,4-6,9H2,1-3H3;1-3H2/q+1;. The lowest BCUT2D eigenvalue weighted by Crippen LogP contribution is -2.37. The molecule has 9 nitrogen and oxygen atoms in total. The first-order chi connectivity index (χ1) is 11.9. The van der Waals surface area contributed by atoms with E-state index < -0.39 is 4.65 Å². The summed E-state index contributed by atoms with van der Waals surface area (Å²) < 4.78 is 11.1. The molecule has 0 aromatic carbocycles. The summed E-state index contributed by atoms with van der Waals surface area (Å²) in [4.78, 5) is 23.9. The zero-order chi connectivity index (χ0) is 18.3. The second-order valence-corrected chi connectivity index (χ2v) is 6.19. The second-order valence-electron chi connectivity index (χ2n) is 6.19. The molecule has 1 aliphatic rings. The van der Waals surface area contributed by atoms with Gasteiger partial charge < -0.3 is 9.47 Å². The first kappa shape index (κ1) is 19.2. The van der Waals surface area contributed by atoms with Gasteiger partial charge in [-0.15, -0.1) is 4.65 Å². The number of rotatable bonds is 6. The van der Waals surface area contributed by atoms with Gasteiger partial charge in [0.05, 0.1) is 0 Å². The van der Waals surface area contributed by atoms with Crippen LogP contribution < -0.4 is 4.65 Å². The van der Waals surface area contributed by atoms with E-state index in [0.29, 0.717) is 23.4 Å². The number of aromatic nitrogens is 4. The number of esters is 1. The Morgan fingerprint density at radius 2 is 2.04 bits per heavy atom. The molecule has 3 heterocycles. The van der Waals surface area contributed by atoms with Crippen LogP contribution in [0.25, 0.3) is 11.2 Å². The van der Waals surface area contributed by atoms with Gasteiger partial charge in [0.15, 0.2) is 17.9 Å². The second kappa shape index (κ2) is 8.84. The SMILES string of the molecule is C1COC1.CCCCC(=O)OCn1cnc2c([N+](C)(C)O)ncnc21. The minimum Gasteiger partial charge on any atom is -0.444 e. The van der Waals surface area contributed by atoms with Crippen molar-refractivity contribution in [3.63, 3.8) is 0 Å². The molecule has 1 fully saturated rings. The Labute approximate surface area is 146 Å². The third-order valence-corrected chi connectivity index (χ3v) is 3.58. The van der Waals surface area contributed by atoms with Crippen LogP contribution in [0, 0.1) is 0 Å². The fourth-order valence-electron chi connectivity index (χ4n) is 2.04. The number of ether oxygens (including phenoxy) is 2. The van der Waals surface area contributed by atoms with Crippen LogP contribution in [-0.4, -0.2) is 58.0 Å². The third kappa shape index (κ3) is 5.45. The molecule has 0 saturated carbocycles. The number of quaternary nitrogens is 1. The highest BCUT2D eigenvalue weighted by Crippen LogP contribution is 2.22. The van der Waals surface area contributed by atoms with E-state index >= 15 is 0 Å². The monoisotopic (exact) mass is 352 g/mol. The number of nitrogens with zero attached hydrogens (tertiary/aromatic N) is 5. The van der Waals surface area contributed by atoms with E-state index in [-0.39, 0.29) is 12.7 Å². The molecular weight excluding hydrogens is 326 g/mol. The van der Waals surface area contributed by atoms with Gasteiger partial charge in [0, 0.05) is 19.6 Å². The number of carbonyl (C=O) groups is 1. The Morgan fingerprint density at radius 1 is 1.36 bits per heavy atom. The van der Waals surface area contributed by atoms with Crippen molar-refractivity contribution in [2.24, 2.45) is 0 Å². The highest BCUT2D eigenvalue weighted by Gasteiger charge is 2.24. The molecule has 1 aliphatic heterocycles. The van der Waals surface area contributed by atoms with E-state index in [4.69, 9.17) is 9.47 Å². The van der Waals surface area contributed by atoms with Crippen molar-refractivity contribution in [2.75, 3.05) is 27.3 Å². The predicted octanol–water partition coefficient (Wildman–Crippen LogP) is 1.88. The van der Waals surface area contributed by atoms with Crippen LogP contribution in [0.5, 0.6) is 0 Å². The smallest absolute Gasteiger partial charge is 0.307 e. The van der Waals surface area contributed by atoms with Crippen molar-refractivity contribution < 1.29 is 19.5 Å². The molecule has 0 spiro atoms. The van der Waals surface area contributed by atoms with Crippen molar-refractivity contribution in [1.29, 1.82) is 0 Å². The topological polar surface area (TPSA) is 99.4 Å². The molecule has 138 valence electrons. The number of unbranched alkanes of at least 4 members (excludes halogenated alkanes) is 1. The summed E-state index contributed by atoms with van der Waals surface area (Å²) in [7, 11) is 3.15. The van der Waals surface area contributed by atoms with E-state index in [0.717, 1.165) is 26.1 Å². The summed E-state index contributed by atoms with van der Waals surface area (Å²) in [5.74, 6) is 0.141. The molecule has 9 heteroatoms. The van der Waals surface area contributed by atoms with E-state index in [1.807, 2.05) is 6.92 Å². The number of hydroxylamine groups is 2. The summed E-state index contributed by atoms with van der Waals surface area (Å²) >= 11 is 0. The Bertz CT molecular complexity index is 687. The van der Waals surface area contributed by atoms with Gasteiger partial charge in [-0.25, -0.2) is 15.2 Å². The van der Waals surface area contributed by atoms with E-state index in [2.05, 4.69) is 15.0 Å². The molecule has 0 aliphatic carbocycles. The van der Waals surface area contributed by atoms with Gasteiger partial charge >= 0.3 is 5.97 Å². The van der Waals surface area contributed by atoms with Gasteiger partial charge in [-0.1, -0.05) is 13.3 Å². The lowest BCUT2D eigenvalue weighted by atomic mass is 10.3. The van der Waals surface area contributed by atoms with Crippen molar-refractivity contribution >= 4 is 23.0 Å². The zero-order valence-corrected chi connectivity index (χ0v) is 15.0. The summed E-state index contributed by atoms with van der Waals surface area (Å²) in [6.07, 6.45) is 6.32. The van der Waals surface area contributed by atoms with Crippen LogP contribution in [-0.2, 0) is 21.0 Å². The molecule has 0 radical (unpaired) electrons. The number of hydrogen-bond acceptors (Lipinski definition) is 7. The van der Waals surface area contributed by atoms with Crippen LogP contribution in [0.3, 0.4) is 0 Å². The quantitative estimate of drug-likeness (QED) is 0.481. The van der Waals surface area contributed by atoms with Crippen molar-refractivity contribution in [3.8, 4) is 0 Å². The molecule has 0 bridgehead atoms. The van der Waals surface area contributed by atoms with Crippen molar-refractivity contribution in [3.05, 3.63) is 12.7 Å². The fraction of sp³-hybridized carbons (Fsp3) is 0.625. The highest BCUT2D eigenvalue weighted by atomic mass is 16.5. The maximum Gasteiger partial charge on any atom is 0.307 e. The summed E-state index contributed by atoms with van der Waals surface area (Å²) in [5.41, 5.74) is 0.998. The van der Waals surface area contributed by atoms with Crippen molar-refractivity contribution in [2.45, 2.75) is 39.3 Å². The minimum absolute atomic E-state index is 0.0500. The van der Waals surface area contributed by atoms with Gasteiger partial charge in [0.2, 0.25) is 0 Å². The number of carbonyl (C=O) groups excluding carboxylic acids is 1. The molecule has 1 saturated heterocycles. The van der Waals surface area contributed by atoms with Crippen LogP contribution in [0.4, 0.5) is 5.82 Å². The first-order valence-corrected chi connectivity index (χ1v) is 8.40. The molecule has 0 atom stereocenters. The van der Waals surface area contributed by atoms with Crippen LogP contribution in [0.15, 0.2) is 12.7 Å². The zero-order valence-electron chi connectivity index (χ0n) is 15.0. The van der Waals surface area contributed by atoms with Gasteiger partial charge in [-0.05, 0) is 12.8 Å². The first-order valence-electron chi connectivity index (χ1n) is 8.40. The molecular formula is C16H26N5O4+. The summed E-state index contributed by atoms with van der Waals surface area (Å²) in [5, 5.41) is 10.0. The summed E-state index contributed by atoms with van der Waals surface area (Å²) in [6, 6.07) is 0. The normalized spacial score (nSPS) is 13.8. The number of hydrogen-bond donors (Lipinski definition) is 1. The Kier molecular flexibility index (Phi) is 6.80. The van der Waals surface area contributed by atoms with E-state index in [9.17, 15) is 10.0 Å². The van der Waals surface area contributed by atoms with Gasteiger partial charge in [0.25, 0.3) is 5.82 Å². The summed E-state index contributed by atoms with van der Waals surface area (Å²) in [6.45, 7) is 4.07. The lowest BCUT2D eigenvalue weighted by Gasteiger charge is -2.17. The molecule has 2 aromatic rings. The molecule has 1 N–H and O–H groups in total. The Balaban J connectivity index is 0.000000493. The predicted molar refractivity (Wildman–Crippen MR) is 91.8 cm³/mol. The van der Waals surface area contributed by atoms with Crippen LogP contribution >= 0.6 is 0 Å². The van der Waals surface area contributed by atoms with Crippen LogP contribution in [0.1, 0.15) is 32.6 Å². The van der Waals surface area contributed by atoms with Crippen LogP contribution in [0.2, 0.25) is 0 Å². The van der Waals surface area contributed by atoms with Gasteiger partial charge in [-0.2, -0.15) is 4.98 Å². The van der Waals surface area contributed by atoms with Crippen molar-refractivity contribution in [1.82, 2.24) is 24.2 Å². The number of imidazole rings is 1. The maximum atomic E-state index is 11.5. The Morgan fingerprint density at radius 3 is 2.60 bits per heavy atom. The van der Waals surface area contributed by atoms with E-state index in [1.165, 1.54) is 19.1 Å². The molecule has 3 rings (SSSR count). The van der Waals surface area contributed by atoms with E-state index in [1.54, 1.807) is 18.7 Å². The fourth-order valence-corrected chi connectivity index (χ4v) is 2.04. The molecule has 0 unspecified atom stereocenters. The third-order valence-electron chi connectivity index (χ3n) is 3.58.